The molecule has 2 saturated heterocycles. The van der Waals surface area contributed by atoms with Crippen LogP contribution in [0.5, 0.6) is 5.75 Å². The van der Waals surface area contributed by atoms with E-state index in [4.69, 9.17) is 18.9 Å². The van der Waals surface area contributed by atoms with E-state index < -0.39 is 68.5 Å². The smallest absolute Gasteiger partial charge is 0.202 e. The molecule has 6 N–H and O–H groups in total. The molecule has 2 aliphatic rings. The van der Waals surface area contributed by atoms with Crippen molar-refractivity contribution in [3.05, 3.63) is 30.3 Å². The Hall–Kier alpha value is -1.34. The van der Waals surface area contributed by atoms with Crippen LogP contribution in [0.2, 0.25) is 0 Å². The average molecular weight is 402 g/mol. The molecule has 0 saturated carbocycles. The van der Waals surface area contributed by atoms with Crippen molar-refractivity contribution in [1.82, 2.24) is 0 Å². The van der Waals surface area contributed by atoms with Gasteiger partial charge in [0, 0.05) is 6.42 Å². The van der Waals surface area contributed by atoms with Crippen molar-refractivity contribution in [1.29, 1.82) is 0 Å². The monoisotopic (exact) mass is 402 g/mol. The fourth-order valence-corrected chi connectivity index (χ4v) is 3.29. The molecule has 0 radical (unpaired) electrons. The van der Waals surface area contributed by atoms with Gasteiger partial charge in [0.1, 0.15) is 42.4 Å². The Labute approximate surface area is 161 Å². The predicted molar refractivity (Wildman–Crippen MR) is 92.1 cm³/mol. The highest BCUT2D eigenvalue weighted by Gasteiger charge is 2.48. The molecule has 2 heterocycles. The number of rotatable bonds is 6. The summed E-state index contributed by atoms with van der Waals surface area (Å²) >= 11 is 0. The summed E-state index contributed by atoms with van der Waals surface area (Å²) in [6.07, 6.45) is -11.4. The number of aliphatic hydroxyl groups excluding tert-OH is 6. The Kier molecular flexibility index (Phi) is 7.20. The molecule has 158 valence electrons. The van der Waals surface area contributed by atoms with Crippen molar-refractivity contribution in [2.45, 2.75) is 61.7 Å². The zero-order valence-corrected chi connectivity index (χ0v) is 15.0. The molecular weight excluding hydrogens is 376 g/mol. The Morgan fingerprint density at radius 1 is 0.857 bits per heavy atom. The maximum Gasteiger partial charge on any atom is 0.202 e. The molecule has 28 heavy (non-hydrogen) atoms. The highest BCUT2D eigenvalue weighted by Crippen LogP contribution is 2.29. The van der Waals surface area contributed by atoms with E-state index in [1.54, 1.807) is 24.3 Å². The Balaban J connectivity index is 1.65. The number of para-hydroxylation sites is 1. The maximum atomic E-state index is 10.5. The lowest BCUT2D eigenvalue weighted by Gasteiger charge is -2.44. The molecule has 0 bridgehead atoms. The third kappa shape index (κ3) is 4.62. The molecular formula is C18H26O10. The molecule has 0 spiro atoms. The van der Waals surface area contributed by atoms with Gasteiger partial charge in [0.15, 0.2) is 6.29 Å². The van der Waals surface area contributed by atoms with E-state index in [-0.39, 0.29) is 6.42 Å². The summed E-state index contributed by atoms with van der Waals surface area (Å²) in [6.45, 7) is -1.11. The molecule has 3 rings (SSSR count). The van der Waals surface area contributed by atoms with Crippen molar-refractivity contribution in [3.63, 3.8) is 0 Å². The van der Waals surface area contributed by atoms with Crippen LogP contribution in [-0.2, 0) is 14.2 Å². The summed E-state index contributed by atoms with van der Waals surface area (Å²) in [5.41, 5.74) is 0. The van der Waals surface area contributed by atoms with Gasteiger partial charge in [-0.05, 0) is 12.1 Å². The first-order chi connectivity index (χ1) is 13.4. The quantitative estimate of drug-likeness (QED) is 0.306. The van der Waals surface area contributed by atoms with Crippen LogP contribution in [0, 0.1) is 0 Å². The van der Waals surface area contributed by atoms with Crippen LogP contribution in [-0.4, -0.2) is 99.2 Å². The van der Waals surface area contributed by atoms with E-state index in [2.05, 4.69) is 0 Å². The highest BCUT2D eigenvalue weighted by atomic mass is 16.7. The summed E-state index contributed by atoms with van der Waals surface area (Å²) in [5, 5.41) is 59.2. The van der Waals surface area contributed by atoms with Gasteiger partial charge in [-0.1, -0.05) is 18.2 Å². The third-order valence-corrected chi connectivity index (χ3v) is 4.84. The second kappa shape index (κ2) is 9.44. The minimum Gasteiger partial charge on any atom is -0.465 e. The standard InChI is InChI=1S/C18H26O10/c19-7-11-14(22)15(23)16(24)18(27-11)28-17-10(21)6-13(26-12(17)8-20)25-9-4-2-1-3-5-9/h1-5,10-24H,6-8H2/t10-,11?,12?,13-,14+,15-,16?,17+,18-/m1/s1. The maximum absolute atomic E-state index is 10.5. The Morgan fingerprint density at radius 2 is 1.54 bits per heavy atom. The largest absolute Gasteiger partial charge is 0.465 e. The summed E-state index contributed by atoms with van der Waals surface area (Å²) in [6, 6.07) is 8.83. The first-order valence-corrected chi connectivity index (χ1v) is 9.06. The molecule has 3 unspecified atom stereocenters. The van der Waals surface area contributed by atoms with Crippen LogP contribution in [0.15, 0.2) is 30.3 Å². The summed E-state index contributed by atoms with van der Waals surface area (Å²) in [7, 11) is 0. The Morgan fingerprint density at radius 3 is 2.18 bits per heavy atom. The van der Waals surface area contributed by atoms with Gasteiger partial charge in [-0.3, -0.25) is 0 Å². The third-order valence-electron chi connectivity index (χ3n) is 4.84. The van der Waals surface area contributed by atoms with Gasteiger partial charge in [0.05, 0.1) is 19.3 Å². The van der Waals surface area contributed by atoms with Crippen LogP contribution >= 0.6 is 0 Å². The van der Waals surface area contributed by atoms with E-state index in [1.165, 1.54) is 0 Å². The number of hydrogen-bond acceptors (Lipinski definition) is 10. The SMILES string of the molecule is OCC1O[C@@H](Oc2ccccc2)C[C@@H](O)[C@@H]1O[C@H]1OC(CO)[C@H](O)[C@@H](O)C1O. The summed E-state index contributed by atoms with van der Waals surface area (Å²) in [5.74, 6) is 0.532. The number of ether oxygens (including phenoxy) is 4. The van der Waals surface area contributed by atoms with Gasteiger partial charge in [0.2, 0.25) is 6.29 Å². The van der Waals surface area contributed by atoms with Crippen LogP contribution in [0.4, 0.5) is 0 Å². The summed E-state index contributed by atoms with van der Waals surface area (Å²) in [4.78, 5) is 0. The molecule has 0 aromatic heterocycles. The second-order valence-electron chi connectivity index (χ2n) is 6.82. The molecule has 0 amide bonds. The van der Waals surface area contributed by atoms with E-state index in [0.29, 0.717) is 5.75 Å². The highest BCUT2D eigenvalue weighted by molar-refractivity contribution is 5.21. The van der Waals surface area contributed by atoms with Gasteiger partial charge in [-0.2, -0.15) is 0 Å². The lowest BCUT2D eigenvalue weighted by Crippen LogP contribution is -2.62. The molecule has 2 aliphatic heterocycles. The number of hydrogen-bond donors (Lipinski definition) is 6. The predicted octanol–water partition coefficient (Wildman–Crippen LogP) is -2.28. The number of aliphatic hydroxyl groups is 6. The average Bonchev–Trinajstić information content (AvgIpc) is 2.70. The van der Waals surface area contributed by atoms with E-state index in [1.807, 2.05) is 6.07 Å². The van der Waals surface area contributed by atoms with Crippen LogP contribution < -0.4 is 4.74 Å². The topological polar surface area (TPSA) is 158 Å². The van der Waals surface area contributed by atoms with Crippen molar-refractivity contribution >= 4 is 0 Å². The van der Waals surface area contributed by atoms with Crippen LogP contribution in [0.25, 0.3) is 0 Å². The fraction of sp³-hybridized carbons (Fsp3) is 0.667. The van der Waals surface area contributed by atoms with Gasteiger partial charge in [-0.15, -0.1) is 0 Å². The second-order valence-corrected chi connectivity index (χ2v) is 6.82. The molecule has 10 heteroatoms. The number of benzene rings is 1. The van der Waals surface area contributed by atoms with Crippen molar-refractivity contribution < 1.29 is 49.6 Å². The lowest BCUT2D eigenvalue weighted by atomic mass is 9.98. The molecule has 1 aromatic carbocycles. The van der Waals surface area contributed by atoms with Crippen LogP contribution in [0.1, 0.15) is 6.42 Å². The van der Waals surface area contributed by atoms with E-state index in [0.717, 1.165) is 0 Å². The molecule has 10 nitrogen and oxygen atoms in total. The fourth-order valence-electron chi connectivity index (χ4n) is 3.29. The minimum atomic E-state index is -1.62. The van der Waals surface area contributed by atoms with Gasteiger partial charge < -0.3 is 49.6 Å². The normalized spacial score (nSPS) is 41.6. The van der Waals surface area contributed by atoms with Crippen molar-refractivity contribution in [3.8, 4) is 5.75 Å². The minimum absolute atomic E-state index is 0.0213. The van der Waals surface area contributed by atoms with E-state index in [9.17, 15) is 30.6 Å². The Bertz CT molecular complexity index is 599. The first kappa shape index (κ1) is 21.4. The van der Waals surface area contributed by atoms with Crippen molar-refractivity contribution in [2.75, 3.05) is 13.2 Å². The van der Waals surface area contributed by atoms with Crippen LogP contribution in [0.3, 0.4) is 0 Å². The molecule has 0 aliphatic carbocycles. The zero-order valence-electron chi connectivity index (χ0n) is 15.0. The summed E-state index contributed by atoms with van der Waals surface area (Å²) < 4.78 is 22.1. The van der Waals surface area contributed by atoms with Gasteiger partial charge in [0.25, 0.3) is 0 Å². The molecule has 2 fully saturated rings. The van der Waals surface area contributed by atoms with E-state index >= 15 is 0 Å². The van der Waals surface area contributed by atoms with Crippen molar-refractivity contribution in [2.24, 2.45) is 0 Å². The molecule has 1 aromatic rings. The van der Waals surface area contributed by atoms with Gasteiger partial charge >= 0.3 is 0 Å². The first-order valence-electron chi connectivity index (χ1n) is 9.06. The van der Waals surface area contributed by atoms with Gasteiger partial charge in [-0.25, -0.2) is 0 Å². The lowest BCUT2D eigenvalue weighted by molar-refractivity contribution is -0.340. The molecule has 9 atom stereocenters. The zero-order chi connectivity index (χ0) is 20.3.